The van der Waals surface area contributed by atoms with Crippen molar-refractivity contribution in [3.8, 4) is 0 Å². The Morgan fingerprint density at radius 1 is 1.17 bits per heavy atom. The number of nitrogens with two attached hydrogens (primary N) is 1. The van der Waals surface area contributed by atoms with Crippen LogP contribution in [0.4, 0.5) is 0 Å². The summed E-state index contributed by atoms with van der Waals surface area (Å²) in [5, 5.41) is 0. The topological polar surface area (TPSA) is 63.2 Å². The Balaban J connectivity index is 2.29. The third-order valence-corrected chi connectivity index (χ3v) is 1.37. The minimum absolute atomic E-state index is 0.0240. The molecule has 2 N–H and O–H groups in total. The van der Waals surface area contributed by atoms with Gasteiger partial charge in [0.25, 0.3) is 0 Å². The van der Waals surface area contributed by atoms with Gasteiger partial charge in [-0.2, -0.15) is 0 Å². The second-order valence-corrected chi connectivity index (χ2v) is 2.45. The SMILES string of the molecule is NC(=O)C=CC=CC(=O)N1CC1. The van der Waals surface area contributed by atoms with Crippen molar-refractivity contribution in [3.63, 3.8) is 0 Å². The Labute approximate surface area is 70.3 Å². The zero-order valence-electron chi connectivity index (χ0n) is 6.56. The molecule has 0 unspecified atom stereocenters. The standard InChI is InChI=1S/C8H10N2O2/c9-7(11)3-1-2-4-8(12)10-5-6-10/h1-4H,5-6H2,(H2,9,11). The van der Waals surface area contributed by atoms with Crippen molar-refractivity contribution in [2.75, 3.05) is 13.1 Å². The molecule has 0 saturated carbocycles. The number of hydrogen-bond acceptors (Lipinski definition) is 2. The fourth-order valence-electron chi connectivity index (χ4n) is 0.664. The Morgan fingerprint density at radius 2 is 1.75 bits per heavy atom. The first kappa shape index (κ1) is 8.52. The summed E-state index contributed by atoms with van der Waals surface area (Å²) in [6, 6.07) is 0. The van der Waals surface area contributed by atoms with Crippen LogP contribution in [0.15, 0.2) is 24.3 Å². The normalized spacial score (nSPS) is 15.8. The van der Waals surface area contributed by atoms with E-state index in [2.05, 4.69) is 0 Å². The van der Waals surface area contributed by atoms with Crippen molar-refractivity contribution in [3.05, 3.63) is 24.3 Å². The molecule has 2 amide bonds. The average molecular weight is 166 g/mol. The number of carbonyl (C=O) groups excluding carboxylic acids is 2. The molecule has 0 aromatic rings. The van der Waals surface area contributed by atoms with Crippen molar-refractivity contribution in [2.45, 2.75) is 0 Å². The Hall–Kier alpha value is -1.58. The van der Waals surface area contributed by atoms with Crippen LogP contribution in [0.5, 0.6) is 0 Å². The van der Waals surface area contributed by atoms with Gasteiger partial charge in [-0.05, 0) is 0 Å². The van der Waals surface area contributed by atoms with Gasteiger partial charge in [0.05, 0.1) is 0 Å². The highest BCUT2D eigenvalue weighted by molar-refractivity contribution is 5.90. The first-order valence-electron chi connectivity index (χ1n) is 3.63. The lowest BCUT2D eigenvalue weighted by Gasteiger charge is -1.89. The van der Waals surface area contributed by atoms with Crippen LogP contribution in [-0.4, -0.2) is 29.8 Å². The lowest BCUT2D eigenvalue weighted by Crippen LogP contribution is -2.06. The second-order valence-electron chi connectivity index (χ2n) is 2.45. The van der Waals surface area contributed by atoms with Crippen LogP contribution in [0.3, 0.4) is 0 Å². The van der Waals surface area contributed by atoms with Gasteiger partial charge in [0.1, 0.15) is 0 Å². The molecule has 1 aliphatic rings. The fourth-order valence-corrected chi connectivity index (χ4v) is 0.664. The third kappa shape index (κ3) is 3.01. The summed E-state index contributed by atoms with van der Waals surface area (Å²) >= 11 is 0. The van der Waals surface area contributed by atoms with Crippen LogP contribution in [0.25, 0.3) is 0 Å². The molecular formula is C8H10N2O2. The number of carbonyl (C=O) groups is 2. The number of nitrogens with zero attached hydrogens (tertiary/aromatic N) is 1. The van der Waals surface area contributed by atoms with E-state index in [1.165, 1.54) is 24.3 Å². The van der Waals surface area contributed by atoms with Gasteiger partial charge < -0.3 is 10.6 Å². The molecule has 0 aliphatic carbocycles. The maximum atomic E-state index is 10.9. The quantitative estimate of drug-likeness (QED) is 0.346. The minimum Gasteiger partial charge on any atom is -0.366 e. The molecule has 1 aliphatic heterocycles. The Morgan fingerprint density at radius 3 is 2.25 bits per heavy atom. The van der Waals surface area contributed by atoms with Gasteiger partial charge in [-0.1, -0.05) is 12.2 Å². The van der Waals surface area contributed by atoms with E-state index in [0.29, 0.717) is 0 Å². The van der Waals surface area contributed by atoms with Gasteiger partial charge in [-0.25, -0.2) is 0 Å². The summed E-state index contributed by atoms with van der Waals surface area (Å²) < 4.78 is 0. The van der Waals surface area contributed by atoms with Crippen LogP contribution in [0, 0.1) is 0 Å². The summed E-state index contributed by atoms with van der Waals surface area (Å²) in [4.78, 5) is 22.8. The molecule has 4 heteroatoms. The van der Waals surface area contributed by atoms with E-state index in [0.717, 1.165) is 13.1 Å². The van der Waals surface area contributed by atoms with Crippen molar-refractivity contribution in [2.24, 2.45) is 5.73 Å². The van der Waals surface area contributed by atoms with Crippen LogP contribution in [-0.2, 0) is 9.59 Å². The van der Waals surface area contributed by atoms with Gasteiger partial charge in [0, 0.05) is 25.2 Å². The fraction of sp³-hybridized carbons (Fsp3) is 0.250. The van der Waals surface area contributed by atoms with Crippen LogP contribution < -0.4 is 5.73 Å². The second kappa shape index (κ2) is 3.71. The maximum Gasteiger partial charge on any atom is 0.246 e. The molecule has 0 aromatic heterocycles. The monoisotopic (exact) mass is 166 g/mol. The highest BCUT2D eigenvalue weighted by atomic mass is 16.2. The van der Waals surface area contributed by atoms with Crippen molar-refractivity contribution in [1.29, 1.82) is 0 Å². The first-order chi connectivity index (χ1) is 5.70. The molecule has 1 heterocycles. The molecular weight excluding hydrogens is 156 g/mol. The molecule has 0 spiro atoms. The number of allylic oxidation sites excluding steroid dienone is 2. The van der Waals surface area contributed by atoms with Gasteiger partial charge >= 0.3 is 0 Å². The van der Waals surface area contributed by atoms with Crippen molar-refractivity contribution < 1.29 is 9.59 Å². The van der Waals surface area contributed by atoms with Gasteiger partial charge in [0.2, 0.25) is 11.8 Å². The van der Waals surface area contributed by atoms with Crippen LogP contribution >= 0.6 is 0 Å². The maximum absolute atomic E-state index is 10.9. The first-order valence-corrected chi connectivity index (χ1v) is 3.63. The van der Waals surface area contributed by atoms with E-state index in [1.807, 2.05) is 0 Å². The highest BCUT2D eigenvalue weighted by Crippen LogP contribution is 2.03. The molecule has 0 atom stereocenters. The zero-order chi connectivity index (χ0) is 8.97. The number of rotatable bonds is 3. The molecule has 64 valence electrons. The number of amides is 2. The minimum atomic E-state index is -0.515. The van der Waals surface area contributed by atoms with E-state index in [4.69, 9.17) is 5.73 Å². The van der Waals surface area contributed by atoms with E-state index in [-0.39, 0.29) is 5.91 Å². The van der Waals surface area contributed by atoms with E-state index in [9.17, 15) is 9.59 Å². The largest absolute Gasteiger partial charge is 0.366 e. The van der Waals surface area contributed by atoms with Crippen molar-refractivity contribution in [1.82, 2.24) is 4.90 Å². The Bertz CT molecular complexity index is 252. The lowest BCUT2D eigenvalue weighted by atomic mass is 10.4. The molecule has 1 saturated heterocycles. The van der Waals surface area contributed by atoms with Gasteiger partial charge in [0.15, 0.2) is 0 Å². The lowest BCUT2D eigenvalue weighted by molar-refractivity contribution is -0.120. The molecule has 0 radical (unpaired) electrons. The molecule has 1 rings (SSSR count). The van der Waals surface area contributed by atoms with E-state index in [1.54, 1.807) is 4.90 Å². The summed E-state index contributed by atoms with van der Waals surface area (Å²) in [5.41, 5.74) is 4.83. The zero-order valence-corrected chi connectivity index (χ0v) is 6.56. The molecule has 0 aromatic carbocycles. The van der Waals surface area contributed by atoms with Gasteiger partial charge in [-0.3, -0.25) is 9.59 Å². The number of hydrogen-bond donors (Lipinski definition) is 1. The van der Waals surface area contributed by atoms with E-state index >= 15 is 0 Å². The third-order valence-electron chi connectivity index (χ3n) is 1.37. The van der Waals surface area contributed by atoms with Gasteiger partial charge in [-0.15, -0.1) is 0 Å². The Kier molecular flexibility index (Phi) is 2.63. The molecule has 1 fully saturated rings. The summed E-state index contributed by atoms with van der Waals surface area (Å²) in [6.07, 6.45) is 5.56. The average Bonchev–Trinajstić information content (AvgIpc) is 2.79. The van der Waals surface area contributed by atoms with E-state index < -0.39 is 5.91 Å². The predicted octanol–water partition coefficient (Wildman–Crippen LogP) is -0.574. The number of primary amides is 1. The highest BCUT2D eigenvalue weighted by Gasteiger charge is 2.20. The van der Waals surface area contributed by atoms with Crippen LogP contribution in [0.2, 0.25) is 0 Å². The van der Waals surface area contributed by atoms with Crippen molar-refractivity contribution >= 4 is 11.8 Å². The summed E-state index contributed by atoms with van der Waals surface area (Å²) in [6.45, 7) is 1.67. The molecule has 4 nitrogen and oxygen atoms in total. The van der Waals surface area contributed by atoms with Crippen LogP contribution in [0.1, 0.15) is 0 Å². The predicted molar refractivity (Wildman–Crippen MR) is 44.1 cm³/mol. The molecule has 12 heavy (non-hydrogen) atoms. The molecule has 0 bridgehead atoms. The summed E-state index contributed by atoms with van der Waals surface area (Å²) in [5.74, 6) is -0.539. The smallest absolute Gasteiger partial charge is 0.246 e. The summed E-state index contributed by atoms with van der Waals surface area (Å²) in [7, 11) is 0.